The second kappa shape index (κ2) is 10.3. The standard InChI is InChI=1S/C26H25FN4O4/c1-16-6-21(27)14-29-24(16)19-7-18(15-31-4-5-35-26(31)28)8-20(11-19)25(32)30-13-17-9-22(33-2)12-23(10-17)34-3/h4-12,14,28H,13,15H2,1-3H3,(H,30,32). The summed E-state index contributed by atoms with van der Waals surface area (Å²) in [6.07, 6.45) is 4.22. The number of nitrogens with one attached hydrogen (secondary N) is 2. The number of carbonyl (C=O) groups is 1. The zero-order valence-corrected chi connectivity index (χ0v) is 19.6. The summed E-state index contributed by atoms with van der Waals surface area (Å²) in [5.74, 6) is 0.526. The van der Waals surface area contributed by atoms with Crippen molar-refractivity contribution in [3.8, 4) is 22.8 Å². The van der Waals surface area contributed by atoms with Gasteiger partial charge in [-0.1, -0.05) is 0 Å². The Balaban J connectivity index is 1.66. The van der Waals surface area contributed by atoms with E-state index in [2.05, 4.69) is 10.3 Å². The lowest BCUT2D eigenvalue weighted by Gasteiger charge is -2.13. The number of carbonyl (C=O) groups excluding carboxylic acids is 1. The van der Waals surface area contributed by atoms with Crippen LogP contribution in [0.4, 0.5) is 4.39 Å². The molecule has 2 aromatic heterocycles. The van der Waals surface area contributed by atoms with Gasteiger partial charge in [-0.25, -0.2) is 4.39 Å². The first-order valence-electron chi connectivity index (χ1n) is 10.8. The van der Waals surface area contributed by atoms with Crippen LogP contribution in [0.15, 0.2) is 65.5 Å². The summed E-state index contributed by atoms with van der Waals surface area (Å²) >= 11 is 0. The predicted molar refractivity (Wildman–Crippen MR) is 127 cm³/mol. The van der Waals surface area contributed by atoms with Crippen LogP contribution in [0.1, 0.15) is 27.0 Å². The number of nitrogens with zero attached hydrogens (tertiary/aromatic N) is 2. The summed E-state index contributed by atoms with van der Waals surface area (Å²) in [5.41, 5.74) is 3.87. The van der Waals surface area contributed by atoms with E-state index in [1.54, 1.807) is 50.1 Å². The summed E-state index contributed by atoms with van der Waals surface area (Å²) in [6.45, 7) is 2.34. The molecule has 8 nitrogen and oxygen atoms in total. The summed E-state index contributed by atoms with van der Waals surface area (Å²) in [5, 5.41) is 10.8. The number of hydrogen-bond acceptors (Lipinski definition) is 6. The van der Waals surface area contributed by atoms with Gasteiger partial charge >= 0.3 is 0 Å². The number of aromatic nitrogens is 2. The minimum atomic E-state index is -0.429. The first-order valence-corrected chi connectivity index (χ1v) is 10.8. The van der Waals surface area contributed by atoms with Crippen LogP contribution in [0.2, 0.25) is 0 Å². The zero-order chi connectivity index (χ0) is 24.9. The number of oxazole rings is 1. The number of ether oxygens (including phenoxy) is 2. The normalized spacial score (nSPS) is 10.7. The monoisotopic (exact) mass is 476 g/mol. The van der Waals surface area contributed by atoms with Crippen LogP contribution in [0.5, 0.6) is 11.5 Å². The van der Waals surface area contributed by atoms with Crippen molar-refractivity contribution in [2.45, 2.75) is 20.0 Å². The maximum atomic E-state index is 13.6. The van der Waals surface area contributed by atoms with Gasteiger partial charge in [-0.2, -0.15) is 0 Å². The van der Waals surface area contributed by atoms with Crippen molar-refractivity contribution >= 4 is 5.91 Å². The van der Waals surface area contributed by atoms with Gasteiger partial charge in [0.15, 0.2) is 0 Å². The van der Waals surface area contributed by atoms with Crippen molar-refractivity contribution < 1.29 is 23.1 Å². The lowest BCUT2D eigenvalue weighted by atomic mass is 10.00. The van der Waals surface area contributed by atoms with Crippen LogP contribution < -0.4 is 20.5 Å². The van der Waals surface area contributed by atoms with Crippen LogP contribution in [-0.2, 0) is 13.1 Å². The first kappa shape index (κ1) is 23.7. The Labute approximate surface area is 201 Å². The van der Waals surface area contributed by atoms with E-state index in [1.165, 1.54) is 12.3 Å². The fraction of sp³-hybridized carbons (Fsp3) is 0.192. The van der Waals surface area contributed by atoms with Crippen LogP contribution in [0.25, 0.3) is 11.3 Å². The van der Waals surface area contributed by atoms with Gasteiger partial charge < -0.3 is 19.2 Å². The Bertz CT molecular complexity index is 1400. The minimum absolute atomic E-state index is 0.00976. The number of benzene rings is 2. The van der Waals surface area contributed by atoms with Crippen LogP contribution in [0, 0.1) is 18.2 Å². The molecule has 2 heterocycles. The number of methoxy groups -OCH3 is 2. The van der Waals surface area contributed by atoms with E-state index < -0.39 is 5.82 Å². The third-order valence-electron chi connectivity index (χ3n) is 5.47. The molecule has 2 N–H and O–H groups in total. The van der Waals surface area contributed by atoms with Gasteiger partial charge in [-0.3, -0.25) is 19.8 Å². The molecule has 0 fully saturated rings. The average Bonchev–Trinajstić information content (AvgIpc) is 3.26. The van der Waals surface area contributed by atoms with Crippen LogP contribution in [0.3, 0.4) is 0 Å². The van der Waals surface area contributed by atoms with Crippen molar-refractivity contribution in [1.82, 2.24) is 14.9 Å². The summed E-state index contributed by atoms with van der Waals surface area (Å²) in [6, 6.07) is 12.1. The fourth-order valence-electron chi connectivity index (χ4n) is 3.77. The van der Waals surface area contributed by atoms with E-state index in [0.29, 0.717) is 40.4 Å². The molecule has 35 heavy (non-hydrogen) atoms. The predicted octanol–water partition coefficient (Wildman–Crippen LogP) is 4.07. The van der Waals surface area contributed by atoms with E-state index in [1.807, 2.05) is 18.2 Å². The van der Waals surface area contributed by atoms with E-state index in [0.717, 1.165) is 17.3 Å². The molecule has 0 bridgehead atoms. The van der Waals surface area contributed by atoms with E-state index >= 15 is 0 Å². The molecule has 4 aromatic rings. The largest absolute Gasteiger partial charge is 0.497 e. The highest BCUT2D eigenvalue weighted by Gasteiger charge is 2.14. The first-order chi connectivity index (χ1) is 16.9. The molecule has 180 valence electrons. The minimum Gasteiger partial charge on any atom is -0.497 e. The van der Waals surface area contributed by atoms with E-state index in [9.17, 15) is 9.18 Å². The molecule has 0 spiro atoms. The molecule has 0 radical (unpaired) electrons. The Kier molecular flexibility index (Phi) is 6.96. The highest BCUT2D eigenvalue weighted by atomic mass is 19.1. The van der Waals surface area contributed by atoms with Crippen molar-refractivity contribution in [2.75, 3.05) is 14.2 Å². The van der Waals surface area contributed by atoms with Gasteiger partial charge in [-0.15, -0.1) is 0 Å². The van der Waals surface area contributed by atoms with Gasteiger partial charge in [0.1, 0.15) is 23.6 Å². The molecular weight excluding hydrogens is 451 g/mol. The average molecular weight is 477 g/mol. The Hall–Kier alpha value is -4.40. The van der Waals surface area contributed by atoms with Crippen molar-refractivity contribution in [1.29, 1.82) is 5.41 Å². The van der Waals surface area contributed by atoms with E-state index in [-0.39, 0.29) is 18.1 Å². The molecule has 0 saturated heterocycles. The number of rotatable bonds is 8. The molecule has 0 aliphatic carbocycles. The maximum absolute atomic E-state index is 13.6. The Morgan fingerprint density at radius 1 is 1.09 bits per heavy atom. The summed E-state index contributed by atoms with van der Waals surface area (Å²) in [7, 11) is 3.13. The number of aryl methyl sites for hydroxylation is 1. The lowest BCUT2D eigenvalue weighted by molar-refractivity contribution is 0.0950. The van der Waals surface area contributed by atoms with Crippen LogP contribution >= 0.6 is 0 Å². The maximum Gasteiger partial charge on any atom is 0.293 e. The second-order valence-corrected chi connectivity index (χ2v) is 7.98. The van der Waals surface area contributed by atoms with Crippen molar-refractivity contribution in [2.24, 2.45) is 0 Å². The fourth-order valence-corrected chi connectivity index (χ4v) is 3.77. The zero-order valence-electron chi connectivity index (χ0n) is 19.6. The Morgan fingerprint density at radius 3 is 2.46 bits per heavy atom. The smallest absolute Gasteiger partial charge is 0.293 e. The third-order valence-corrected chi connectivity index (χ3v) is 5.47. The molecule has 0 unspecified atom stereocenters. The lowest BCUT2D eigenvalue weighted by Crippen LogP contribution is -2.23. The van der Waals surface area contributed by atoms with Gasteiger partial charge in [0, 0.05) is 29.9 Å². The molecule has 0 aliphatic rings. The Morgan fingerprint density at radius 2 is 1.83 bits per heavy atom. The highest BCUT2D eigenvalue weighted by molar-refractivity contribution is 5.95. The van der Waals surface area contributed by atoms with Gasteiger partial charge in [-0.05, 0) is 60.0 Å². The van der Waals surface area contributed by atoms with Gasteiger partial charge in [0.05, 0.1) is 32.7 Å². The quantitative estimate of drug-likeness (QED) is 0.399. The van der Waals surface area contributed by atoms with Crippen LogP contribution in [-0.4, -0.2) is 29.7 Å². The second-order valence-electron chi connectivity index (χ2n) is 7.98. The van der Waals surface area contributed by atoms with Crippen molar-refractivity contribution in [3.63, 3.8) is 0 Å². The molecule has 9 heteroatoms. The molecular formula is C26H25FN4O4. The van der Waals surface area contributed by atoms with E-state index in [4.69, 9.17) is 19.3 Å². The number of hydrogen-bond donors (Lipinski definition) is 2. The molecule has 0 aliphatic heterocycles. The van der Waals surface area contributed by atoms with Gasteiger partial charge in [0.2, 0.25) is 0 Å². The third kappa shape index (κ3) is 5.57. The SMILES string of the molecule is COc1cc(CNC(=O)c2cc(Cn3ccoc3=N)cc(-c3ncc(F)cc3C)c2)cc(OC)c1. The molecule has 1 amide bonds. The molecule has 0 saturated carbocycles. The molecule has 0 atom stereocenters. The molecule has 4 rings (SSSR count). The molecule has 2 aromatic carbocycles. The van der Waals surface area contributed by atoms with Gasteiger partial charge in [0.25, 0.3) is 11.6 Å². The number of amides is 1. The van der Waals surface area contributed by atoms with Crippen molar-refractivity contribution in [3.05, 3.63) is 94.9 Å². The number of pyridine rings is 1. The summed E-state index contributed by atoms with van der Waals surface area (Å²) in [4.78, 5) is 17.4. The topological polar surface area (TPSA) is 102 Å². The highest BCUT2D eigenvalue weighted by Crippen LogP contribution is 2.26. The summed E-state index contributed by atoms with van der Waals surface area (Å²) < 4.78 is 30.9. The number of halogens is 1.